The summed E-state index contributed by atoms with van der Waals surface area (Å²) in [6, 6.07) is 1.47. The SMILES string of the molecule is OB(O)Oc1cc[nH]n1.[NaH]. The standard InChI is InChI=1S/C3H5BN2O3.Na.H/c7-4(8)9-3-1-2-5-6-3;;/h1-2,7-8H,(H,5,6);;. The van der Waals surface area contributed by atoms with Gasteiger partial charge in [0.05, 0.1) is 0 Å². The number of H-pyrrole nitrogens is 1. The van der Waals surface area contributed by atoms with E-state index >= 15 is 0 Å². The van der Waals surface area contributed by atoms with E-state index in [0.717, 1.165) is 0 Å². The van der Waals surface area contributed by atoms with Crippen molar-refractivity contribution < 1.29 is 14.7 Å². The molecule has 0 aliphatic heterocycles. The normalized spacial score (nSPS) is 8.20. The average molecular weight is 152 g/mol. The van der Waals surface area contributed by atoms with E-state index in [9.17, 15) is 0 Å². The second kappa shape index (κ2) is 4.76. The van der Waals surface area contributed by atoms with Gasteiger partial charge in [-0.2, -0.15) is 0 Å². The van der Waals surface area contributed by atoms with Crippen LogP contribution in [0.4, 0.5) is 0 Å². The van der Waals surface area contributed by atoms with Crippen LogP contribution in [0.1, 0.15) is 0 Å². The molecule has 0 saturated heterocycles. The Morgan fingerprint density at radius 3 is 2.70 bits per heavy atom. The summed E-state index contributed by atoms with van der Waals surface area (Å²) >= 11 is 0. The molecular weight excluding hydrogens is 146 g/mol. The summed E-state index contributed by atoms with van der Waals surface area (Å²) in [5, 5.41) is 22.3. The number of aromatic nitrogens is 2. The number of nitrogens with one attached hydrogen (secondary N) is 1. The van der Waals surface area contributed by atoms with Gasteiger partial charge in [-0.1, -0.05) is 0 Å². The molecule has 0 spiro atoms. The molecule has 0 radical (unpaired) electrons. The molecule has 0 bridgehead atoms. The fourth-order valence-corrected chi connectivity index (χ4v) is 0.420. The molecule has 0 fully saturated rings. The van der Waals surface area contributed by atoms with Crippen molar-refractivity contribution in [3.63, 3.8) is 0 Å². The molecule has 3 N–H and O–H groups in total. The van der Waals surface area contributed by atoms with Crippen LogP contribution >= 0.6 is 0 Å². The summed E-state index contributed by atoms with van der Waals surface area (Å²) < 4.78 is 4.32. The first-order valence-electron chi connectivity index (χ1n) is 2.31. The van der Waals surface area contributed by atoms with Crippen molar-refractivity contribution in [3.05, 3.63) is 12.3 Å². The molecular formula is C3H6BN2NaO3. The summed E-state index contributed by atoms with van der Waals surface area (Å²) in [5.41, 5.74) is 0. The summed E-state index contributed by atoms with van der Waals surface area (Å²) in [6.07, 6.45) is 1.51. The summed E-state index contributed by atoms with van der Waals surface area (Å²) in [7, 11) is -1.80. The van der Waals surface area contributed by atoms with Gasteiger partial charge in [-0.05, 0) is 0 Å². The van der Waals surface area contributed by atoms with E-state index in [2.05, 4.69) is 14.9 Å². The maximum absolute atomic E-state index is 8.20. The van der Waals surface area contributed by atoms with E-state index in [0.29, 0.717) is 0 Å². The molecule has 0 saturated carbocycles. The van der Waals surface area contributed by atoms with E-state index in [1.165, 1.54) is 12.3 Å². The first-order chi connectivity index (χ1) is 4.29. The number of aromatic amines is 1. The Morgan fingerprint density at radius 2 is 2.30 bits per heavy atom. The quantitative estimate of drug-likeness (QED) is 0.433. The van der Waals surface area contributed by atoms with E-state index in [1.807, 2.05) is 0 Å². The fourth-order valence-electron chi connectivity index (χ4n) is 0.420. The van der Waals surface area contributed by atoms with Crippen LogP contribution < -0.4 is 4.65 Å². The minimum atomic E-state index is -1.80. The van der Waals surface area contributed by atoms with Gasteiger partial charge in [0.2, 0.25) is 5.88 Å². The molecule has 10 heavy (non-hydrogen) atoms. The third-order valence-corrected chi connectivity index (χ3v) is 0.701. The second-order valence-corrected chi connectivity index (χ2v) is 1.36. The zero-order valence-electron chi connectivity index (χ0n) is 4.48. The van der Waals surface area contributed by atoms with Gasteiger partial charge in [-0.15, -0.1) is 5.10 Å². The molecule has 0 unspecified atom stereocenters. The first kappa shape index (κ1) is 9.99. The van der Waals surface area contributed by atoms with Crippen LogP contribution in [0.5, 0.6) is 5.88 Å². The monoisotopic (exact) mass is 152 g/mol. The van der Waals surface area contributed by atoms with Crippen molar-refractivity contribution >= 4 is 36.9 Å². The zero-order chi connectivity index (χ0) is 6.69. The predicted molar refractivity (Wildman–Crippen MR) is 36.6 cm³/mol. The van der Waals surface area contributed by atoms with Crippen LogP contribution in [-0.2, 0) is 0 Å². The van der Waals surface area contributed by atoms with E-state index in [4.69, 9.17) is 10.0 Å². The molecule has 1 aromatic heterocycles. The Labute approximate surface area is 79.9 Å². The van der Waals surface area contributed by atoms with Gasteiger partial charge in [-0.3, -0.25) is 5.10 Å². The summed E-state index contributed by atoms with van der Waals surface area (Å²) in [5.74, 6) is 0.157. The molecule has 0 aliphatic carbocycles. The number of hydrogen-bond acceptors (Lipinski definition) is 4. The summed E-state index contributed by atoms with van der Waals surface area (Å²) in [4.78, 5) is 0. The average Bonchev–Trinajstić information content (AvgIpc) is 2.15. The Bertz CT molecular complexity index is 168. The van der Waals surface area contributed by atoms with E-state index < -0.39 is 7.32 Å². The molecule has 0 atom stereocenters. The van der Waals surface area contributed by atoms with Crippen LogP contribution in [0.15, 0.2) is 12.3 Å². The summed E-state index contributed by atoms with van der Waals surface area (Å²) in [6.45, 7) is 0. The van der Waals surface area contributed by atoms with Gasteiger partial charge in [0.1, 0.15) is 0 Å². The van der Waals surface area contributed by atoms with Crippen molar-refractivity contribution in [3.8, 4) is 5.88 Å². The van der Waals surface area contributed by atoms with Crippen LogP contribution in [0.25, 0.3) is 0 Å². The topological polar surface area (TPSA) is 78.4 Å². The molecule has 1 rings (SSSR count). The van der Waals surface area contributed by atoms with Crippen molar-refractivity contribution in [2.24, 2.45) is 0 Å². The Kier molecular flexibility index (Phi) is 4.75. The van der Waals surface area contributed by atoms with Gasteiger partial charge >= 0.3 is 36.9 Å². The first-order valence-corrected chi connectivity index (χ1v) is 2.31. The molecule has 0 aliphatic rings. The molecule has 1 heterocycles. The fraction of sp³-hybridized carbons (Fsp3) is 0. The minimum absolute atomic E-state index is 0. The van der Waals surface area contributed by atoms with E-state index in [-0.39, 0.29) is 35.4 Å². The number of hydrogen-bond donors (Lipinski definition) is 3. The molecule has 5 nitrogen and oxygen atoms in total. The van der Waals surface area contributed by atoms with Gasteiger partial charge < -0.3 is 14.7 Å². The second-order valence-electron chi connectivity index (χ2n) is 1.36. The van der Waals surface area contributed by atoms with Crippen LogP contribution in [-0.4, -0.2) is 57.1 Å². The van der Waals surface area contributed by atoms with Crippen molar-refractivity contribution in [2.45, 2.75) is 0 Å². The molecule has 1 aromatic rings. The maximum atomic E-state index is 8.20. The van der Waals surface area contributed by atoms with Gasteiger partial charge in [0.15, 0.2) is 0 Å². The third-order valence-electron chi connectivity index (χ3n) is 0.701. The van der Waals surface area contributed by atoms with Crippen LogP contribution in [0.2, 0.25) is 0 Å². The van der Waals surface area contributed by atoms with Crippen molar-refractivity contribution in [2.75, 3.05) is 0 Å². The molecule has 0 amide bonds. The van der Waals surface area contributed by atoms with Crippen LogP contribution in [0.3, 0.4) is 0 Å². The zero-order valence-corrected chi connectivity index (χ0v) is 4.48. The Morgan fingerprint density at radius 1 is 1.60 bits per heavy atom. The number of nitrogens with zero attached hydrogens (tertiary/aromatic N) is 1. The van der Waals surface area contributed by atoms with Crippen LogP contribution in [0, 0.1) is 0 Å². The van der Waals surface area contributed by atoms with Gasteiger partial charge in [0.25, 0.3) is 0 Å². The third kappa shape index (κ3) is 3.24. The van der Waals surface area contributed by atoms with Crippen molar-refractivity contribution in [1.82, 2.24) is 10.2 Å². The van der Waals surface area contributed by atoms with Gasteiger partial charge in [0, 0.05) is 12.3 Å². The van der Waals surface area contributed by atoms with Crippen molar-refractivity contribution in [1.29, 1.82) is 0 Å². The Hall–Kier alpha value is -0.00506. The molecule has 50 valence electrons. The van der Waals surface area contributed by atoms with E-state index in [1.54, 1.807) is 0 Å². The number of rotatable bonds is 2. The predicted octanol–water partition coefficient (Wildman–Crippen LogP) is -1.89. The Balaban J connectivity index is 0.000000810. The van der Waals surface area contributed by atoms with Gasteiger partial charge in [-0.25, -0.2) is 0 Å². The molecule has 7 heteroatoms. The molecule has 0 aromatic carbocycles.